The standard InChI is InChI=1S/C22H21N5O6/c1-30-13-7-5-6-12(10-13)20(28)17-18(21(29)33-4)23-22-24-25-26-27(22)19(17)15-9-8-14(31-2)11-16(15)32-3/h5-11,19H,1-4H3,(H,23,24,26)/t19-/m1/s1. The van der Waals surface area contributed by atoms with Crippen molar-refractivity contribution in [3.05, 3.63) is 64.9 Å². The molecule has 0 aliphatic carbocycles. The molecule has 1 aromatic heterocycles. The van der Waals surface area contributed by atoms with E-state index in [0.29, 0.717) is 28.4 Å². The van der Waals surface area contributed by atoms with E-state index >= 15 is 0 Å². The van der Waals surface area contributed by atoms with E-state index in [0.717, 1.165) is 0 Å². The lowest BCUT2D eigenvalue weighted by molar-refractivity contribution is -0.136. The minimum atomic E-state index is -0.898. The number of methoxy groups -OCH3 is 4. The number of carbonyl (C=O) groups excluding carboxylic acids is 2. The van der Waals surface area contributed by atoms with Crippen LogP contribution in [0.3, 0.4) is 0 Å². The number of rotatable bonds is 7. The van der Waals surface area contributed by atoms with Crippen LogP contribution in [0.4, 0.5) is 5.95 Å². The van der Waals surface area contributed by atoms with E-state index in [1.807, 2.05) is 0 Å². The number of ether oxygens (including phenoxy) is 4. The van der Waals surface area contributed by atoms with Gasteiger partial charge in [0.05, 0.1) is 34.0 Å². The normalized spacial score (nSPS) is 14.7. The van der Waals surface area contributed by atoms with Gasteiger partial charge in [0.15, 0.2) is 5.78 Å². The Bertz CT molecular complexity index is 1250. The number of fused-ring (bicyclic) bond motifs is 1. The molecule has 2 aromatic carbocycles. The molecule has 0 unspecified atom stereocenters. The highest BCUT2D eigenvalue weighted by Crippen LogP contribution is 2.41. The van der Waals surface area contributed by atoms with E-state index in [-0.39, 0.29) is 17.2 Å². The van der Waals surface area contributed by atoms with Gasteiger partial charge in [0.25, 0.3) is 0 Å². The maximum absolute atomic E-state index is 13.8. The average Bonchev–Trinajstić information content (AvgIpc) is 3.34. The van der Waals surface area contributed by atoms with Crippen LogP contribution in [0.5, 0.6) is 17.2 Å². The van der Waals surface area contributed by atoms with Crippen molar-refractivity contribution in [3.63, 3.8) is 0 Å². The van der Waals surface area contributed by atoms with Crippen LogP contribution in [-0.4, -0.2) is 60.4 Å². The Morgan fingerprint density at radius 3 is 2.42 bits per heavy atom. The Kier molecular flexibility index (Phi) is 5.94. The van der Waals surface area contributed by atoms with Crippen LogP contribution in [0.1, 0.15) is 22.0 Å². The molecular formula is C22H21N5O6. The van der Waals surface area contributed by atoms with Gasteiger partial charge >= 0.3 is 5.97 Å². The summed E-state index contributed by atoms with van der Waals surface area (Å²) in [6.45, 7) is 0. The number of tetrazole rings is 1. The Labute approximate surface area is 188 Å². The van der Waals surface area contributed by atoms with Crippen LogP contribution in [0.2, 0.25) is 0 Å². The number of nitrogens with zero attached hydrogens (tertiary/aromatic N) is 4. The lowest BCUT2D eigenvalue weighted by Gasteiger charge is -2.29. The quantitative estimate of drug-likeness (QED) is 0.421. The fourth-order valence-electron chi connectivity index (χ4n) is 3.64. The van der Waals surface area contributed by atoms with Crippen LogP contribution >= 0.6 is 0 Å². The van der Waals surface area contributed by atoms with Gasteiger partial charge in [-0.2, -0.15) is 4.68 Å². The van der Waals surface area contributed by atoms with Gasteiger partial charge in [0, 0.05) is 17.2 Å². The Morgan fingerprint density at radius 2 is 1.73 bits per heavy atom. The van der Waals surface area contributed by atoms with E-state index < -0.39 is 17.8 Å². The minimum Gasteiger partial charge on any atom is -0.497 e. The molecule has 4 rings (SSSR count). The zero-order valence-corrected chi connectivity index (χ0v) is 18.4. The van der Waals surface area contributed by atoms with Gasteiger partial charge in [-0.05, 0) is 34.7 Å². The SMILES string of the molecule is COC(=O)C1=C(C(=O)c2cccc(OC)c2)[C@@H](c2ccc(OC)cc2OC)n2nnnc2N1. The molecule has 1 aliphatic rings. The highest BCUT2D eigenvalue weighted by Gasteiger charge is 2.40. The number of ketones is 1. The maximum atomic E-state index is 13.8. The molecule has 170 valence electrons. The fraction of sp³-hybridized carbons (Fsp3) is 0.227. The maximum Gasteiger partial charge on any atom is 0.355 e. The van der Waals surface area contributed by atoms with Gasteiger partial charge in [0.2, 0.25) is 5.95 Å². The highest BCUT2D eigenvalue weighted by atomic mass is 16.5. The lowest BCUT2D eigenvalue weighted by Crippen LogP contribution is -2.33. The molecule has 11 nitrogen and oxygen atoms in total. The summed E-state index contributed by atoms with van der Waals surface area (Å²) < 4.78 is 22.5. The van der Waals surface area contributed by atoms with Crippen molar-refractivity contribution in [3.8, 4) is 17.2 Å². The van der Waals surface area contributed by atoms with Crippen LogP contribution in [0, 0.1) is 0 Å². The third-order valence-corrected chi connectivity index (χ3v) is 5.22. The second kappa shape index (κ2) is 8.99. The first-order valence-electron chi connectivity index (χ1n) is 9.80. The number of nitrogens with one attached hydrogen (secondary N) is 1. The number of hydrogen-bond donors (Lipinski definition) is 1. The second-order valence-electron chi connectivity index (χ2n) is 6.92. The average molecular weight is 451 g/mol. The molecule has 11 heteroatoms. The third-order valence-electron chi connectivity index (χ3n) is 5.22. The lowest BCUT2D eigenvalue weighted by atomic mass is 9.88. The Morgan fingerprint density at radius 1 is 0.970 bits per heavy atom. The zero-order valence-electron chi connectivity index (χ0n) is 18.4. The van der Waals surface area contributed by atoms with Crippen molar-refractivity contribution in [1.82, 2.24) is 20.2 Å². The summed E-state index contributed by atoms with van der Waals surface area (Å²) in [4.78, 5) is 26.6. The number of hydrogen-bond acceptors (Lipinski definition) is 10. The predicted molar refractivity (Wildman–Crippen MR) is 115 cm³/mol. The fourth-order valence-corrected chi connectivity index (χ4v) is 3.64. The van der Waals surface area contributed by atoms with Gasteiger partial charge < -0.3 is 24.3 Å². The highest BCUT2D eigenvalue weighted by molar-refractivity contribution is 6.15. The van der Waals surface area contributed by atoms with Crippen molar-refractivity contribution in [2.24, 2.45) is 0 Å². The molecule has 0 spiro atoms. The summed E-state index contributed by atoms with van der Waals surface area (Å²) in [6.07, 6.45) is 0. The topological polar surface area (TPSA) is 127 Å². The van der Waals surface area contributed by atoms with Crippen molar-refractivity contribution < 1.29 is 28.5 Å². The van der Waals surface area contributed by atoms with Gasteiger partial charge in [0.1, 0.15) is 29.0 Å². The summed E-state index contributed by atoms with van der Waals surface area (Å²) in [5.41, 5.74) is 0.858. The molecule has 0 saturated carbocycles. The molecule has 0 fully saturated rings. The molecule has 1 aliphatic heterocycles. The summed E-state index contributed by atoms with van der Waals surface area (Å²) in [6, 6.07) is 10.8. The van der Waals surface area contributed by atoms with Crippen molar-refractivity contribution in [2.45, 2.75) is 6.04 Å². The minimum absolute atomic E-state index is 0.0736. The van der Waals surface area contributed by atoms with E-state index in [1.54, 1.807) is 42.5 Å². The smallest absolute Gasteiger partial charge is 0.355 e. The number of carbonyl (C=O) groups is 2. The number of allylic oxidation sites excluding steroid dienone is 1. The number of benzene rings is 2. The predicted octanol–water partition coefficient (Wildman–Crippen LogP) is 2.02. The first-order valence-corrected chi connectivity index (χ1v) is 9.80. The molecule has 0 saturated heterocycles. The number of anilines is 1. The number of aromatic nitrogens is 4. The van der Waals surface area contributed by atoms with Crippen LogP contribution in [-0.2, 0) is 9.53 Å². The first kappa shape index (κ1) is 21.8. The van der Waals surface area contributed by atoms with E-state index in [2.05, 4.69) is 20.8 Å². The van der Waals surface area contributed by atoms with Crippen molar-refractivity contribution in [1.29, 1.82) is 0 Å². The molecule has 1 atom stereocenters. The summed E-state index contributed by atoms with van der Waals surface area (Å²) in [7, 11) is 5.76. The molecule has 33 heavy (non-hydrogen) atoms. The first-order chi connectivity index (χ1) is 16.0. The van der Waals surface area contributed by atoms with Crippen molar-refractivity contribution >= 4 is 17.7 Å². The summed E-state index contributed by atoms with van der Waals surface area (Å²) in [5, 5.41) is 14.5. The summed E-state index contributed by atoms with van der Waals surface area (Å²) >= 11 is 0. The van der Waals surface area contributed by atoms with E-state index in [9.17, 15) is 9.59 Å². The Hall–Kier alpha value is -4.41. The van der Waals surface area contributed by atoms with Crippen LogP contribution in [0.25, 0.3) is 0 Å². The number of Topliss-reactive ketones (excluding diaryl/α,β-unsaturated/α-hetero) is 1. The molecule has 0 amide bonds. The molecular weight excluding hydrogens is 430 g/mol. The van der Waals surface area contributed by atoms with E-state index in [1.165, 1.54) is 33.1 Å². The number of esters is 1. The van der Waals surface area contributed by atoms with Gasteiger partial charge in [-0.3, -0.25) is 4.79 Å². The second-order valence-corrected chi connectivity index (χ2v) is 6.92. The molecule has 2 heterocycles. The monoisotopic (exact) mass is 451 g/mol. The van der Waals surface area contributed by atoms with Gasteiger partial charge in [-0.15, -0.1) is 0 Å². The van der Waals surface area contributed by atoms with Gasteiger partial charge in [-0.25, -0.2) is 4.79 Å². The van der Waals surface area contributed by atoms with Gasteiger partial charge in [-0.1, -0.05) is 17.2 Å². The Balaban J connectivity index is 1.98. The van der Waals surface area contributed by atoms with E-state index in [4.69, 9.17) is 18.9 Å². The molecule has 1 N–H and O–H groups in total. The molecule has 0 radical (unpaired) electrons. The molecule has 3 aromatic rings. The molecule has 0 bridgehead atoms. The van der Waals surface area contributed by atoms with Crippen molar-refractivity contribution in [2.75, 3.05) is 33.8 Å². The zero-order chi connectivity index (χ0) is 23.5. The van der Waals surface area contributed by atoms with Crippen LogP contribution in [0.15, 0.2) is 53.7 Å². The largest absolute Gasteiger partial charge is 0.497 e. The summed E-state index contributed by atoms with van der Waals surface area (Å²) in [5.74, 6) is 0.452. The van der Waals surface area contributed by atoms with Crippen LogP contribution < -0.4 is 19.5 Å². The third kappa shape index (κ3) is 3.84.